The molecule has 0 bridgehead atoms. The number of alkyl halides is 6. The van der Waals surface area contributed by atoms with Crippen molar-refractivity contribution in [1.29, 1.82) is 0 Å². The molecule has 1 saturated heterocycles. The molecule has 0 spiro atoms. The smallest absolute Gasteiger partial charge is 0.337 e. The second-order valence-electron chi connectivity index (χ2n) is 8.45. The molecular formula is C23H18F6N6O2S. The normalized spacial score (nSPS) is 15.8. The molecule has 2 aromatic heterocycles. The Kier molecular flexibility index (Phi) is 6.30. The third kappa shape index (κ3) is 4.90. The highest BCUT2D eigenvalue weighted by molar-refractivity contribution is 7.89. The first kappa shape index (κ1) is 25.9. The van der Waals surface area contributed by atoms with Crippen molar-refractivity contribution in [1.82, 2.24) is 23.9 Å². The van der Waals surface area contributed by atoms with Gasteiger partial charge in [-0.3, -0.25) is 0 Å². The third-order valence-corrected chi connectivity index (χ3v) is 7.93. The molecule has 0 amide bonds. The van der Waals surface area contributed by atoms with E-state index in [1.54, 1.807) is 4.90 Å². The lowest BCUT2D eigenvalue weighted by Crippen LogP contribution is -2.49. The van der Waals surface area contributed by atoms with Crippen LogP contribution in [0.15, 0.2) is 65.7 Å². The second kappa shape index (κ2) is 9.23. The first-order valence-electron chi connectivity index (χ1n) is 11.2. The van der Waals surface area contributed by atoms with Crippen LogP contribution in [0.3, 0.4) is 0 Å². The standard InChI is InChI=1S/C23H18F6N6O2S/c24-22(25,26)16-4-1-3-15(13-16)19-7-8-30-20-31-21(32-35(19)20)33-9-11-34(12-10-33)38(36,37)18-6-2-5-17(14-18)23(27,28)29/h1-8,13-14H,9-12H2. The van der Waals surface area contributed by atoms with E-state index in [0.29, 0.717) is 11.8 Å². The molecule has 1 aliphatic heterocycles. The Morgan fingerprint density at radius 2 is 1.42 bits per heavy atom. The highest BCUT2D eigenvalue weighted by atomic mass is 32.2. The molecular weight excluding hydrogens is 538 g/mol. The Hall–Kier alpha value is -3.72. The van der Waals surface area contributed by atoms with E-state index in [1.807, 2.05) is 0 Å². The molecule has 200 valence electrons. The van der Waals surface area contributed by atoms with Crippen LogP contribution in [0.1, 0.15) is 11.1 Å². The lowest BCUT2D eigenvalue weighted by molar-refractivity contribution is -0.138. The molecule has 8 nitrogen and oxygen atoms in total. The van der Waals surface area contributed by atoms with E-state index in [-0.39, 0.29) is 43.5 Å². The molecule has 0 aliphatic carbocycles. The summed E-state index contributed by atoms with van der Waals surface area (Å²) in [6.07, 6.45) is -7.81. The number of sulfonamides is 1. The topological polar surface area (TPSA) is 83.7 Å². The predicted molar refractivity (Wildman–Crippen MR) is 124 cm³/mol. The molecule has 0 radical (unpaired) electrons. The van der Waals surface area contributed by atoms with Crippen LogP contribution in [0.2, 0.25) is 0 Å². The summed E-state index contributed by atoms with van der Waals surface area (Å²) in [7, 11) is -4.18. The number of aromatic nitrogens is 4. The van der Waals surface area contributed by atoms with E-state index in [1.165, 1.54) is 28.9 Å². The number of benzene rings is 2. The number of anilines is 1. The zero-order valence-corrected chi connectivity index (χ0v) is 20.1. The van der Waals surface area contributed by atoms with E-state index in [2.05, 4.69) is 15.1 Å². The number of halogens is 6. The summed E-state index contributed by atoms with van der Waals surface area (Å²) in [4.78, 5) is 9.66. The quantitative estimate of drug-likeness (QED) is 0.348. The maximum atomic E-state index is 13.2. The molecule has 38 heavy (non-hydrogen) atoms. The molecule has 15 heteroatoms. The number of piperazine rings is 1. The van der Waals surface area contributed by atoms with Crippen LogP contribution in [-0.4, -0.2) is 58.5 Å². The molecule has 0 atom stereocenters. The van der Waals surface area contributed by atoms with Crippen LogP contribution >= 0.6 is 0 Å². The van der Waals surface area contributed by atoms with E-state index >= 15 is 0 Å². The van der Waals surface area contributed by atoms with Gasteiger partial charge in [-0.15, -0.1) is 5.10 Å². The number of rotatable bonds is 4. The van der Waals surface area contributed by atoms with Gasteiger partial charge in [0.1, 0.15) is 0 Å². The van der Waals surface area contributed by atoms with Crippen molar-refractivity contribution in [3.63, 3.8) is 0 Å². The van der Waals surface area contributed by atoms with E-state index in [4.69, 9.17) is 0 Å². The van der Waals surface area contributed by atoms with Crippen molar-refractivity contribution in [3.8, 4) is 11.3 Å². The lowest BCUT2D eigenvalue weighted by atomic mass is 10.1. The molecule has 0 N–H and O–H groups in total. The average molecular weight is 556 g/mol. The van der Waals surface area contributed by atoms with Gasteiger partial charge in [-0.2, -0.15) is 40.1 Å². The van der Waals surface area contributed by atoms with Gasteiger partial charge in [-0.1, -0.05) is 18.2 Å². The monoisotopic (exact) mass is 556 g/mol. The van der Waals surface area contributed by atoms with Crippen molar-refractivity contribution >= 4 is 21.7 Å². The van der Waals surface area contributed by atoms with Crippen LogP contribution in [0, 0.1) is 0 Å². The van der Waals surface area contributed by atoms with Crippen molar-refractivity contribution in [2.24, 2.45) is 0 Å². The van der Waals surface area contributed by atoms with Crippen molar-refractivity contribution in [2.45, 2.75) is 17.2 Å². The van der Waals surface area contributed by atoms with Gasteiger partial charge in [-0.05, 0) is 36.4 Å². The van der Waals surface area contributed by atoms with Gasteiger partial charge < -0.3 is 4.90 Å². The fraction of sp³-hybridized carbons (Fsp3) is 0.261. The summed E-state index contributed by atoms with van der Waals surface area (Å²) >= 11 is 0. The Balaban J connectivity index is 1.37. The van der Waals surface area contributed by atoms with Gasteiger partial charge in [0.25, 0.3) is 5.78 Å². The summed E-state index contributed by atoms with van der Waals surface area (Å²) in [5.74, 6) is 0.321. The number of hydrogen-bond acceptors (Lipinski definition) is 6. The van der Waals surface area contributed by atoms with Gasteiger partial charge in [0.2, 0.25) is 16.0 Å². The fourth-order valence-electron chi connectivity index (χ4n) is 4.10. The molecule has 2 aromatic carbocycles. The van der Waals surface area contributed by atoms with Gasteiger partial charge >= 0.3 is 12.4 Å². The second-order valence-corrected chi connectivity index (χ2v) is 10.4. The minimum absolute atomic E-state index is 0.0396. The van der Waals surface area contributed by atoms with Crippen LogP contribution < -0.4 is 4.90 Å². The van der Waals surface area contributed by atoms with Crippen LogP contribution in [0.25, 0.3) is 17.0 Å². The van der Waals surface area contributed by atoms with Crippen LogP contribution in [0.5, 0.6) is 0 Å². The van der Waals surface area contributed by atoms with Gasteiger partial charge in [0.15, 0.2) is 0 Å². The Bertz CT molecular complexity index is 1590. The summed E-state index contributed by atoms with van der Waals surface area (Å²) in [5, 5.41) is 4.38. The molecule has 3 heterocycles. The fourth-order valence-corrected chi connectivity index (χ4v) is 5.57. The zero-order chi connectivity index (χ0) is 27.3. The molecule has 0 saturated carbocycles. The predicted octanol–water partition coefficient (Wildman–Crippen LogP) is 4.34. The summed E-state index contributed by atoms with van der Waals surface area (Å²) < 4.78 is 107. The Morgan fingerprint density at radius 1 is 0.789 bits per heavy atom. The number of nitrogens with zero attached hydrogens (tertiary/aromatic N) is 6. The summed E-state index contributed by atoms with van der Waals surface area (Å²) in [6, 6.07) is 9.80. The molecule has 4 aromatic rings. The van der Waals surface area contributed by atoms with E-state index in [0.717, 1.165) is 34.6 Å². The van der Waals surface area contributed by atoms with E-state index < -0.39 is 38.4 Å². The van der Waals surface area contributed by atoms with Crippen molar-refractivity contribution in [2.75, 3.05) is 31.1 Å². The SMILES string of the molecule is O=S(=O)(c1cccc(C(F)(F)F)c1)N1CCN(c2nc3nccc(-c4cccc(C(F)(F)F)c4)n3n2)CC1. The molecule has 5 rings (SSSR count). The highest BCUT2D eigenvalue weighted by Crippen LogP contribution is 2.33. The van der Waals surface area contributed by atoms with Gasteiger partial charge in [-0.25, -0.2) is 13.4 Å². The summed E-state index contributed by atoms with van der Waals surface area (Å²) in [6.45, 7) is 0.187. The Labute approximate surface area is 212 Å². The highest BCUT2D eigenvalue weighted by Gasteiger charge is 2.35. The minimum Gasteiger partial charge on any atom is -0.337 e. The minimum atomic E-state index is -4.68. The van der Waals surface area contributed by atoms with Gasteiger partial charge in [0.05, 0.1) is 21.7 Å². The molecule has 1 fully saturated rings. The molecule has 0 unspecified atom stereocenters. The lowest BCUT2D eigenvalue weighted by Gasteiger charge is -2.33. The number of fused-ring (bicyclic) bond motifs is 1. The first-order chi connectivity index (χ1) is 17.8. The maximum absolute atomic E-state index is 13.2. The van der Waals surface area contributed by atoms with Crippen LogP contribution in [0.4, 0.5) is 32.3 Å². The summed E-state index contributed by atoms with van der Waals surface area (Å²) in [5.41, 5.74) is -1.31. The largest absolute Gasteiger partial charge is 0.416 e. The van der Waals surface area contributed by atoms with Crippen LogP contribution in [-0.2, 0) is 22.4 Å². The molecule has 1 aliphatic rings. The van der Waals surface area contributed by atoms with Crippen molar-refractivity contribution < 1.29 is 34.8 Å². The van der Waals surface area contributed by atoms with Crippen molar-refractivity contribution in [3.05, 3.63) is 71.9 Å². The van der Waals surface area contributed by atoms with E-state index in [9.17, 15) is 34.8 Å². The Morgan fingerprint density at radius 3 is 2.08 bits per heavy atom. The van der Waals surface area contributed by atoms with Gasteiger partial charge in [0, 0.05) is 37.9 Å². The maximum Gasteiger partial charge on any atom is 0.416 e. The average Bonchev–Trinajstić information content (AvgIpc) is 3.32. The zero-order valence-electron chi connectivity index (χ0n) is 19.3. The third-order valence-electron chi connectivity index (χ3n) is 6.04. The first-order valence-corrected chi connectivity index (χ1v) is 12.6. The number of hydrogen-bond donors (Lipinski definition) is 0.